The minimum Gasteiger partial charge on any atom is -0.289 e. The lowest BCUT2D eigenvalue weighted by molar-refractivity contribution is -0.132. The predicted molar refractivity (Wildman–Crippen MR) is 47.8 cm³/mol. The summed E-state index contributed by atoms with van der Waals surface area (Å²) in [6.45, 7) is 3.94. The van der Waals surface area contributed by atoms with Gasteiger partial charge in [0.05, 0.1) is 5.92 Å². The van der Waals surface area contributed by atoms with E-state index in [1.807, 2.05) is 13.0 Å². The molecule has 1 amide bonds. The molecule has 0 fully saturated rings. The zero-order valence-corrected chi connectivity index (χ0v) is 7.71. The third kappa shape index (κ3) is 4.13. The van der Waals surface area contributed by atoms with E-state index < -0.39 is 0 Å². The number of carbonyl (C=O) groups is 1. The maximum Gasteiger partial charge on any atom is 0.250 e. The molecule has 2 N–H and O–H groups in total. The van der Waals surface area contributed by atoms with Crippen molar-refractivity contribution in [2.45, 2.75) is 33.1 Å². The fourth-order valence-electron chi connectivity index (χ4n) is 1.05. The zero-order valence-electron chi connectivity index (χ0n) is 7.71. The lowest BCUT2D eigenvalue weighted by Crippen LogP contribution is -2.26. The Labute approximate surface area is 73.4 Å². The van der Waals surface area contributed by atoms with Crippen LogP contribution in [-0.4, -0.2) is 11.1 Å². The number of nitrogens with one attached hydrogen (secondary N) is 1. The van der Waals surface area contributed by atoms with Gasteiger partial charge in [-0.15, -0.1) is 0 Å². The second-order valence-corrected chi connectivity index (χ2v) is 2.75. The molecule has 3 nitrogen and oxygen atoms in total. The summed E-state index contributed by atoms with van der Waals surface area (Å²) in [4.78, 5) is 11.0. The average molecular weight is 171 g/mol. The van der Waals surface area contributed by atoms with Crippen LogP contribution in [0.25, 0.3) is 0 Å². The van der Waals surface area contributed by atoms with Crippen molar-refractivity contribution < 1.29 is 10.0 Å². The van der Waals surface area contributed by atoms with Gasteiger partial charge in [0.15, 0.2) is 0 Å². The van der Waals surface area contributed by atoms with Crippen LogP contribution in [0.5, 0.6) is 0 Å². The Kier molecular flexibility index (Phi) is 6.38. The molecule has 0 aliphatic rings. The van der Waals surface area contributed by atoms with Gasteiger partial charge in [-0.25, -0.2) is 5.48 Å². The Balaban J connectivity index is 3.94. The van der Waals surface area contributed by atoms with E-state index in [9.17, 15) is 4.79 Å². The minimum absolute atomic E-state index is 0.181. The number of amides is 1. The molecule has 0 heterocycles. The molecule has 0 aromatic heterocycles. The van der Waals surface area contributed by atoms with Gasteiger partial charge in [-0.1, -0.05) is 31.9 Å². The first-order chi connectivity index (χ1) is 5.76. The predicted octanol–water partition coefficient (Wildman–Crippen LogP) is 1.87. The van der Waals surface area contributed by atoms with E-state index in [2.05, 4.69) is 6.92 Å². The quantitative estimate of drug-likeness (QED) is 0.377. The molecule has 0 rings (SSSR count). The van der Waals surface area contributed by atoms with Crippen molar-refractivity contribution in [3.8, 4) is 0 Å². The second-order valence-electron chi connectivity index (χ2n) is 2.75. The van der Waals surface area contributed by atoms with Crippen molar-refractivity contribution in [1.29, 1.82) is 0 Å². The highest BCUT2D eigenvalue weighted by molar-refractivity contribution is 5.79. The summed E-state index contributed by atoms with van der Waals surface area (Å²) in [7, 11) is 0. The van der Waals surface area contributed by atoms with Crippen molar-refractivity contribution in [2.75, 3.05) is 0 Å². The molecule has 0 aromatic rings. The summed E-state index contributed by atoms with van der Waals surface area (Å²) in [5, 5.41) is 8.40. The van der Waals surface area contributed by atoms with Gasteiger partial charge >= 0.3 is 0 Å². The van der Waals surface area contributed by atoms with Crippen molar-refractivity contribution in [1.82, 2.24) is 5.48 Å². The summed E-state index contributed by atoms with van der Waals surface area (Å²) in [5.41, 5.74) is 1.67. The Morgan fingerprint density at radius 3 is 2.75 bits per heavy atom. The highest BCUT2D eigenvalue weighted by atomic mass is 16.5. The third-order valence-electron chi connectivity index (χ3n) is 1.74. The van der Waals surface area contributed by atoms with Crippen LogP contribution in [0, 0.1) is 5.92 Å². The number of rotatable bonds is 5. The zero-order chi connectivity index (χ0) is 9.40. The highest BCUT2D eigenvalue weighted by Crippen LogP contribution is 2.09. The van der Waals surface area contributed by atoms with Crippen molar-refractivity contribution in [3.63, 3.8) is 0 Å². The molecule has 0 bridgehead atoms. The molecule has 0 aromatic carbocycles. The molecule has 1 atom stereocenters. The van der Waals surface area contributed by atoms with E-state index in [0.717, 1.165) is 19.3 Å². The van der Waals surface area contributed by atoms with Crippen molar-refractivity contribution in [2.24, 2.45) is 5.92 Å². The Morgan fingerprint density at radius 1 is 1.67 bits per heavy atom. The van der Waals surface area contributed by atoms with Gasteiger partial charge in [0.1, 0.15) is 0 Å². The van der Waals surface area contributed by atoms with Crippen LogP contribution < -0.4 is 5.48 Å². The standard InChI is InChI=1S/C9H17NO2/c1-3-5-7-8(6-4-2)9(11)10-12/h4,6,8,12H,3,5,7H2,1-2H3,(H,10,11). The second kappa shape index (κ2) is 6.85. The van der Waals surface area contributed by atoms with Gasteiger partial charge in [-0.05, 0) is 13.3 Å². The van der Waals surface area contributed by atoms with Gasteiger partial charge in [-0.2, -0.15) is 0 Å². The monoisotopic (exact) mass is 171 g/mol. The van der Waals surface area contributed by atoms with E-state index in [1.165, 1.54) is 0 Å². The third-order valence-corrected chi connectivity index (χ3v) is 1.74. The summed E-state index contributed by atoms with van der Waals surface area (Å²) in [6.07, 6.45) is 6.50. The Morgan fingerprint density at radius 2 is 2.33 bits per heavy atom. The molecule has 70 valence electrons. The van der Waals surface area contributed by atoms with E-state index in [0.29, 0.717) is 0 Å². The van der Waals surface area contributed by atoms with Gasteiger partial charge in [0, 0.05) is 0 Å². The van der Waals surface area contributed by atoms with Crippen LogP contribution in [0.4, 0.5) is 0 Å². The van der Waals surface area contributed by atoms with E-state index in [-0.39, 0.29) is 11.8 Å². The van der Waals surface area contributed by atoms with E-state index >= 15 is 0 Å². The molecule has 12 heavy (non-hydrogen) atoms. The molecule has 0 aliphatic heterocycles. The van der Waals surface area contributed by atoms with Crippen LogP contribution in [0.2, 0.25) is 0 Å². The molecule has 0 saturated carbocycles. The summed E-state index contributed by atoms with van der Waals surface area (Å²) < 4.78 is 0. The Hall–Kier alpha value is -0.830. The first kappa shape index (κ1) is 11.2. The number of hydroxylamine groups is 1. The smallest absolute Gasteiger partial charge is 0.250 e. The fourth-order valence-corrected chi connectivity index (χ4v) is 1.05. The number of hydrogen-bond donors (Lipinski definition) is 2. The summed E-state index contributed by atoms with van der Waals surface area (Å²) in [5.74, 6) is -0.499. The molecular formula is C9H17NO2. The molecule has 0 spiro atoms. The number of unbranched alkanes of at least 4 members (excludes halogenated alkanes) is 1. The van der Waals surface area contributed by atoms with Crippen LogP contribution in [0.3, 0.4) is 0 Å². The number of carbonyl (C=O) groups excluding carboxylic acids is 1. The van der Waals surface area contributed by atoms with Gasteiger partial charge in [0.2, 0.25) is 5.91 Å². The van der Waals surface area contributed by atoms with Gasteiger partial charge < -0.3 is 0 Å². The molecule has 0 saturated heterocycles. The summed E-state index contributed by atoms with van der Waals surface area (Å²) in [6, 6.07) is 0. The van der Waals surface area contributed by atoms with Crippen molar-refractivity contribution in [3.05, 3.63) is 12.2 Å². The SMILES string of the molecule is CC=CC(CCCC)C(=O)NO. The van der Waals surface area contributed by atoms with Gasteiger partial charge in [0.25, 0.3) is 0 Å². The molecule has 1 unspecified atom stereocenters. The first-order valence-corrected chi connectivity index (χ1v) is 4.33. The maximum atomic E-state index is 11.0. The first-order valence-electron chi connectivity index (χ1n) is 4.33. The molecule has 0 radical (unpaired) electrons. The Bertz CT molecular complexity index is 155. The topological polar surface area (TPSA) is 49.3 Å². The molecule has 0 aliphatic carbocycles. The lowest BCUT2D eigenvalue weighted by Gasteiger charge is -2.08. The average Bonchev–Trinajstić information content (AvgIpc) is 2.11. The highest BCUT2D eigenvalue weighted by Gasteiger charge is 2.12. The van der Waals surface area contributed by atoms with E-state index in [1.54, 1.807) is 11.6 Å². The number of hydrogen-bond acceptors (Lipinski definition) is 2. The summed E-state index contributed by atoms with van der Waals surface area (Å²) >= 11 is 0. The van der Waals surface area contributed by atoms with Crippen molar-refractivity contribution >= 4 is 5.91 Å². The largest absolute Gasteiger partial charge is 0.289 e. The molecular weight excluding hydrogens is 154 g/mol. The van der Waals surface area contributed by atoms with Crippen LogP contribution in [0.15, 0.2) is 12.2 Å². The maximum absolute atomic E-state index is 11.0. The van der Waals surface area contributed by atoms with E-state index in [4.69, 9.17) is 5.21 Å². The molecule has 3 heteroatoms. The number of allylic oxidation sites excluding steroid dienone is 1. The lowest BCUT2D eigenvalue weighted by atomic mass is 10.0. The van der Waals surface area contributed by atoms with Gasteiger partial charge in [-0.3, -0.25) is 10.0 Å². The normalized spacial score (nSPS) is 13.2. The van der Waals surface area contributed by atoms with Crippen LogP contribution >= 0.6 is 0 Å². The fraction of sp³-hybridized carbons (Fsp3) is 0.667. The minimum atomic E-state index is -0.318. The van der Waals surface area contributed by atoms with Crippen LogP contribution in [-0.2, 0) is 4.79 Å². The van der Waals surface area contributed by atoms with Crippen LogP contribution in [0.1, 0.15) is 33.1 Å².